The van der Waals surface area contributed by atoms with Crippen molar-refractivity contribution in [3.05, 3.63) is 52.1 Å². The third-order valence-electron chi connectivity index (χ3n) is 11.5. The summed E-state index contributed by atoms with van der Waals surface area (Å²) in [6.45, 7) is 16.7. The average molecular weight is 851 g/mol. The number of amides is 3. The second-order valence-electron chi connectivity index (χ2n) is 16.6. The largest absolute Gasteiger partial charge is 0.457 e. The standard InChI is InChI=1S/C42H60ClN3O9S2/c1-12-30(47)23-56-57-40(7,8)17-16-34(48)45(10)28(6)38(50)54-33-21-35(49)46(11)31-20-29(19-25(3)36(31)43)18-24(2)14-13-15-26(4)42(52)22-32(53-39(51)44-42)27(5)37-41(33,9)55-37/h13-15,19-20,26-28,32-33,37,52H,12,16-18,21-23H2,1-11H3,(H,44,51)/b15-13+,24-14+/t26-,27-,28+,32?,33+,37+,41+,42+/m1/s1. The lowest BCUT2D eigenvalue weighted by molar-refractivity contribution is -0.162. The van der Waals surface area contributed by atoms with Crippen LogP contribution in [0, 0.1) is 18.8 Å². The molecule has 8 atom stereocenters. The van der Waals surface area contributed by atoms with E-state index in [9.17, 15) is 29.1 Å². The molecule has 0 spiro atoms. The van der Waals surface area contributed by atoms with Crippen LogP contribution >= 0.6 is 33.2 Å². The Kier molecular flexibility index (Phi) is 15.5. The number of anilines is 1. The van der Waals surface area contributed by atoms with Crippen LogP contribution in [-0.2, 0) is 39.8 Å². The van der Waals surface area contributed by atoms with Gasteiger partial charge in [0.2, 0.25) is 11.8 Å². The van der Waals surface area contributed by atoms with E-state index >= 15 is 0 Å². The summed E-state index contributed by atoms with van der Waals surface area (Å²) in [6, 6.07) is 2.85. The zero-order valence-electron chi connectivity index (χ0n) is 35.1. The maximum atomic E-state index is 14.2. The van der Waals surface area contributed by atoms with Crippen molar-refractivity contribution in [3.8, 4) is 0 Å². The fourth-order valence-electron chi connectivity index (χ4n) is 7.14. The molecule has 316 valence electrons. The maximum Gasteiger partial charge on any atom is 0.409 e. The van der Waals surface area contributed by atoms with Crippen LogP contribution in [-0.4, -0.2) is 99.9 Å². The van der Waals surface area contributed by atoms with Gasteiger partial charge in [-0.1, -0.05) is 83.8 Å². The quantitative estimate of drug-likeness (QED) is 0.130. The molecule has 15 heteroatoms. The van der Waals surface area contributed by atoms with Gasteiger partial charge in [0, 0.05) is 49.9 Å². The summed E-state index contributed by atoms with van der Waals surface area (Å²) in [5.74, 6) is -1.73. The minimum Gasteiger partial charge on any atom is -0.457 e. The Morgan fingerprint density at radius 1 is 1.21 bits per heavy atom. The van der Waals surface area contributed by atoms with Gasteiger partial charge in [-0.3, -0.25) is 19.7 Å². The van der Waals surface area contributed by atoms with E-state index in [1.54, 1.807) is 38.7 Å². The molecule has 1 aromatic rings. The number of nitrogens with zero attached hydrogens (tertiary/aromatic N) is 2. The molecule has 3 amide bonds. The fourth-order valence-corrected chi connectivity index (χ4v) is 10.1. The predicted molar refractivity (Wildman–Crippen MR) is 226 cm³/mol. The number of carbonyl (C=O) groups excluding carboxylic acids is 5. The lowest BCUT2D eigenvalue weighted by Crippen LogP contribution is -2.60. The molecule has 0 aliphatic carbocycles. The zero-order valence-corrected chi connectivity index (χ0v) is 37.5. The van der Waals surface area contributed by atoms with E-state index in [-0.39, 0.29) is 41.6 Å². The second kappa shape index (κ2) is 18.9. The molecule has 3 aliphatic heterocycles. The van der Waals surface area contributed by atoms with Crippen LogP contribution < -0.4 is 10.2 Å². The Labute approximate surface area is 350 Å². The van der Waals surface area contributed by atoms with Crippen molar-refractivity contribution in [2.24, 2.45) is 11.8 Å². The van der Waals surface area contributed by atoms with Crippen LogP contribution in [0.5, 0.6) is 0 Å². The van der Waals surface area contributed by atoms with Crippen LogP contribution in [0.4, 0.5) is 10.5 Å². The van der Waals surface area contributed by atoms with Crippen molar-refractivity contribution in [2.75, 3.05) is 24.7 Å². The lowest BCUT2D eigenvalue weighted by Gasteiger charge is -2.41. The molecule has 1 unspecified atom stereocenters. The number of hydrogen-bond donors (Lipinski definition) is 2. The number of carbonyl (C=O) groups is 5. The van der Waals surface area contributed by atoms with Gasteiger partial charge < -0.3 is 29.1 Å². The highest BCUT2D eigenvalue weighted by molar-refractivity contribution is 8.77. The molecule has 2 N–H and O–H groups in total. The normalized spacial score (nSPS) is 30.2. The van der Waals surface area contributed by atoms with Crippen molar-refractivity contribution < 1.29 is 43.3 Å². The lowest BCUT2D eigenvalue weighted by atomic mass is 9.82. The first kappa shape index (κ1) is 46.6. The molecule has 2 fully saturated rings. The van der Waals surface area contributed by atoms with Crippen LogP contribution in [0.2, 0.25) is 5.02 Å². The van der Waals surface area contributed by atoms with Crippen LogP contribution in [0.15, 0.2) is 35.9 Å². The number of Topliss-reactive ketones (excluding diaryl/α,β-unsaturated/α-hetero) is 1. The molecule has 3 aliphatic rings. The third-order valence-corrected chi connectivity index (χ3v) is 15.3. The van der Waals surface area contributed by atoms with Gasteiger partial charge in [0.25, 0.3) is 0 Å². The monoisotopic (exact) mass is 849 g/mol. The number of esters is 1. The van der Waals surface area contributed by atoms with Crippen molar-refractivity contribution in [2.45, 2.75) is 141 Å². The van der Waals surface area contributed by atoms with Crippen molar-refractivity contribution >= 4 is 68.5 Å². The molecule has 2 saturated heterocycles. The summed E-state index contributed by atoms with van der Waals surface area (Å²) >= 11 is 6.80. The van der Waals surface area contributed by atoms with Gasteiger partial charge in [0.1, 0.15) is 35.4 Å². The summed E-state index contributed by atoms with van der Waals surface area (Å²) < 4.78 is 17.9. The number of fused-ring (bicyclic) bond motifs is 5. The molecule has 3 heterocycles. The van der Waals surface area contributed by atoms with Crippen molar-refractivity contribution in [3.63, 3.8) is 0 Å². The molecule has 12 nitrogen and oxygen atoms in total. The third kappa shape index (κ3) is 11.6. The van der Waals surface area contributed by atoms with Gasteiger partial charge in [0.15, 0.2) is 0 Å². The number of nitrogens with one attached hydrogen (secondary N) is 1. The number of allylic oxidation sites excluding steroid dienone is 3. The molecule has 0 radical (unpaired) electrons. The van der Waals surface area contributed by atoms with E-state index in [4.69, 9.17) is 25.8 Å². The smallest absolute Gasteiger partial charge is 0.409 e. The number of likely N-dealkylation sites (N-methyl/N-ethyl adjacent to an activating group) is 1. The van der Waals surface area contributed by atoms with Gasteiger partial charge in [0.05, 0.1) is 29.0 Å². The Morgan fingerprint density at radius 3 is 2.56 bits per heavy atom. The first-order chi connectivity index (χ1) is 26.5. The van der Waals surface area contributed by atoms with E-state index in [1.807, 2.05) is 78.8 Å². The highest BCUT2D eigenvalue weighted by Crippen LogP contribution is 2.49. The number of halogens is 1. The zero-order chi connectivity index (χ0) is 42.6. The Hall–Kier alpha value is -3.04. The minimum absolute atomic E-state index is 0.0641. The predicted octanol–water partition coefficient (Wildman–Crippen LogP) is 7.35. The molecule has 4 rings (SSSR count). The van der Waals surface area contributed by atoms with E-state index in [2.05, 4.69) is 5.32 Å². The van der Waals surface area contributed by atoms with Gasteiger partial charge in [-0.15, -0.1) is 0 Å². The molecule has 4 bridgehead atoms. The number of ketones is 1. The maximum absolute atomic E-state index is 14.2. The SMILES string of the molecule is CCC(=O)CSSC(C)(C)CCC(=O)N(C)[C@@H](C)C(=O)O[C@H]1CC(=O)N(C)c2cc(cc(C)c2Cl)C/C(C)=C/C=C/[C@@H](C)[C@@]2(O)CC(OC(=O)N2)[C@@H](C)[C@@H]2O[C@@]12C. The summed E-state index contributed by atoms with van der Waals surface area (Å²) in [4.78, 5) is 68.9. The summed E-state index contributed by atoms with van der Waals surface area (Å²) in [6.07, 6.45) is 3.92. The number of rotatable bonds is 11. The van der Waals surface area contributed by atoms with E-state index in [0.717, 1.165) is 16.7 Å². The number of aliphatic hydroxyl groups is 1. The van der Waals surface area contributed by atoms with Gasteiger partial charge in [-0.05, 0) is 71.6 Å². The molecule has 1 aromatic carbocycles. The number of ether oxygens (including phenoxy) is 3. The number of hydrogen-bond acceptors (Lipinski definition) is 11. The molecule has 0 aromatic heterocycles. The minimum atomic E-state index is -1.61. The molecular formula is C42H60ClN3O9S2. The van der Waals surface area contributed by atoms with Crippen molar-refractivity contribution in [1.29, 1.82) is 0 Å². The summed E-state index contributed by atoms with van der Waals surface area (Å²) in [7, 11) is 6.21. The molecule has 0 saturated carbocycles. The fraction of sp³-hybridized carbons (Fsp3) is 0.643. The Bertz CT molecular complexity index is 1770. The first-order valence-electron chi connectivity index (χ1n) is 19.6. The first-order valence-corrected chi connectivity index (χ1v) is 22.3. The highest BCUT2D eigenvalue weighted by atomic mass is 35.5. The van der Waals surface area contributed by atoms with Crippen molar-refractivity contribution in [1.82, 2.24) is 10.2 Å². The molecule has 57 heavy (non-hydrogen) atoms. The number of benzene rings is 1. The average Bonchev–Trinajstić information content (AvgIpc) is 3.84. The van der Waals surface area contributed by atoms with E-state index in [1.165, 1.54) is 20.6 Å². The van der Waals surface area contributed by atoms with E-state index in [0.29, 0.717) is 35.7 Å². The van der Waals surface area contributed by atoms with Gasteiger partial charge in [-0.25, -0.2) is 9.59 Å². The van der Waals surface area contributed by atoms with Gasteiger partial charge >= 0.3 is 12.1 Å². The summed E-state index contributed by atoms with van der Waals surface area (Å²) in [5.41, 5.74) is 0.455. The number of aryl methyl sites for hydroxylation is 1. The summed E-state index contributed by atoms with van der Waals surface area (Å²) in [5, 5.41) is 14.7. The van der Waals surface area contributed by atoms with E-state index < -0.39 is 59.6 Å². The number of alkyl carbamates (subject to hydrolysis) is 1. The van der Waals surface area contributed by atoms with Crippen LogP contribution in [0.3, 0.4) is 0 Å². The second-order valence-corrected chi connectivity index (χ2v) is 20.0. The number of epoxide rings is 1. The Morgan fingerprint density at radius 2 is 1.89 bits per heavy atom. The van der Waals surface area contributed by atoms with Gasteiger partial charge in [-0.2, -0.15) is 0 Å². The van der Waals surface area contributed by atoms with Crippen LogP contribution in [0.1, 0.15) is 98.6 Å². The van der Waals surface area contributed by atoms with Crippen LogP contribution in [0.25, 0.3) is 0 Å². The topological polar surface area (TPSA) is 155 Å². The highest BCUT2D eigenvalue weighted by Gasteiger charge is 2.64. The Balaban J connectivity index is 1.61. The molecular weight excluding hydrogens is 790 g/mol.